The summed E-state index contributed by atoms with van der Waals surface area (Å²) in [6, 6.07) is 1.20. The van der Waals surface area contributed by atoms with Crippen LogP contribution in [0.5, 0.6) is 0 Å². The minimum atomic E-state index is 0.439. The van der Waals surface area contributed by atoms with Gasteiger partial charge in [-0.2, -0.15) is 0 Å². The van der Waals surface area contributed by atoms with E-state index >= 15 is 0 Å². The second-order valence-corrected chi connectivity index (χ2v) is 6.95. The molecule has 1 aliphatic heterocycles. The molecule has 1 aromatic rings. The van der Waals surface area contributed by atoms with Crippen molar-refractivity contribution in [2.24, 2.45) is 0 Å². The monoisotopic (exact) mass is 295 g/mol. The van der Waals surface area contributed by atoms with Crippen LogP contribution in [0.2, 0.25) is 0 Å². The van der Waals surface area contributed by atoms with Crippen molar-refractivity contribution in [1.29, 1.82) is 0 Å². The van der Waals surface area contributed by atoms with Gasteiger partial charge in [0.1, 0.15) is 0 Å². The largest absolute Gasteiger partial charge is 0.377 e. The first-order chi connectivity index (χ1) is 9.78. The van der Waals surface area contributed by atoms with Gasteiger partial charge < -0.3 is 15.0 Å². The maximum atomic E-state index is 5.53. The predicted molar refractivity (Wildman–Crippen MR) is 83.6 cm³/mol. The maximum absolute atomic E-state index is 5.53. The van der Waals surface area contributed by atoms with E-state index in [2.05, 4.69) is 24.1 Å². The van der Waals surface area contributed by atoms with Crippen molar-refractivity contribution in [3.05, 3.63) is 10.6 Å². The van der Waals surface area contributed by atoms with E-state index in [0.29, 0.717) is 6.04 Å². The highest BCUT2D eigenvalue weighted by molar-refractivity contribution is 7.15. The molecule has 1 N–H and O–H groups in total. The van der Waals surface area contributed by atoms with Crippen LogP contribution >= 0.6 is 11.3 Å². The molecule has 112 valence electrons. The van der Waals surface area contributed by atoms with Crippen LogP contribution in [0.1, 0.15) is 43.7 Å². The highest BCUT2D eigenvalue weighted by atomic mass is 32.1. The topological polar surface area (TPSA) is 37.4 Å². The van der Waals surface area contributed by atoms with Crippen molar-refractivity contribution in [1.82, 2.24) is 10.3 Å². The van der Waals surface area contributed by atoms with Crippen molar-refractivity contribution < 1.29 is 4.74 Å². The molecule has 20 heavy (non-hydrogen) atoms. The molecule has 1 saturated carbocycles. The Morgan fingerprint density at radius 3 is 3.00 bits per heavy atom. The van der Waals surface area contributed by atoms with Crippen molar-refractivity contribution in [2.75, 3.05) is 24.7 Å². The summed E-state index contributed by atoms with van der Waals surface area (Å²) in [4.78, 5) is 8.77. The molecule has 1 unspecified atom stereocenters. The Balaban J connectivity index is 1.73. The number of thiazole rings is 1. The number of nitrogens with zero attached hydrogens (tertiary/aromatic N) is 2. The summed E-state index contributed by atoms with van der Waals surface area (Å²) in [5, 5.41) is 4.82. The molecule has 1 aromatic heterocycles. The normalized spacial score (nSPS) is 23.3. The van der Waals surface area contributed by atoms with Gasteiger partial charge in [0, 0.05) is 24.0 Å². The molecule has 0 amide bonds. The van der Waals surface area contributed by atoms with Crippen LogP contribution in [0, 0.1) is 0 Å². The molecular weight excluding hydrogens is 270 g/mol. The average Bonchev–Trinajstić information content (AvgIpc) is 3.19. The maximum Gasteiger partial charge on any atom is 0.186 e. The second kappa shape index (κ2) is 6.41. The van der Waals surface area contributed by atoms with Crippen LogP contribution < -0.4 is 10.2 Å². The van der Waals surface area contributed by atoms with Crippen molar-refractivity contribution in [2.45, 2.75) is 58.2 Å². The van der Waals surface area contributed by atoms with Gasteiger partial charge in [0.05, 0.1) is 24.9 Å². The van der Waals surface area contributed by atoms with Crippen LogP contribution in [0.25, 0.3) is 0 Å². The standard InChI is InChI=1S/C15H25N3OS/c1-3-4-13-14(9-16-12-5-6-12)20-15(17-13)18-7-8-19-10-11(18)2/h11-12,16H,3-10H2,1-2H3. The first-order valence-corrected chi connectivity index (χ1v) is 8.66. The molecule has 0 bridgehead atoms. The number of anilines is 1. The van der Waals surface area contributed by atoms with Crippen LogP contribution in [0.15, 0.2) is 0 Å². The number of hydrogen-bond acceptors (Lipinski definition) is 5. The lowest BCUT2D eigenvalue weighted by Gasteiger charge is -2.32. The minimum Gasteiger partial charge on any atom is -0.377 e. The zero-order chi connectivity index (χ0) is 13.9. The highest BCUT2D eigenvalue weighted by Crippen LogP contribution is 2.30. The van der Waals surface area contributed by atoms with E-state index in [1.807, 2.05) is 11.3 Å². The Kier molecular flexibility index (Phi) is 4.58. The van der Waals surface area contributed by atoms with Gasteiger partial charge in [-0.25, -0.2) is 4.98 Å². The summed E-state index contributed by atoms with van der Waals surface area (Å²) in [5.41, 5.74) is 1.30. The molecule has 0 aromatic carbocycles. The summed E-state index contributed by atoms with van der Waals surface area (Å²) in [5.74, 6) is 0. The summed E-state index contributed by atoms with van der Waals surface area (Å²) in [6.07, 6.45) is 4.94. The molecule has 0 radical (unpaired) electrons. The molecule has 3 rings (SSSR count). The van der Waals surface area contributed by atoms with Crippen LogP contribution in [-0.2, 0) is 17.7 Å². The lowest BCUT2D eigenvalue weighted by molar-refractivity contribution is 0.0989. The van der Waals surface area contributed by atoms with Crippen molar-refractivity contribution >= 4 is 16.5 Å². The van der Waals surface area contributed by atoms with E-state index in [-0.39, 0.29) is 0 Å². The third-order valence-electron chi connectivity index (χ3n) is 4.00. The van der Waals surface area contributed by atoms with Gasteiger partial charge in [0.25, 0.3) is 0 Å². The van der Waals surface area contributed by atoms with Gasteiger partial charge in [-0.1, -0.05) is 13.3 Å². The number of hydrogen-bond donors (Lipinski definition) is 1. The smallest absolute Gasteiger partial charge is 0.186 e. The van der Waals surface area contributed by atoms with E-state index in [9.17, 15) is 0 Å². The van der Waals surface area contributed by atoms with Crippen molar-refractivity contribution in [3.8, 4) is 0 Å². The van der Waals surface area contributed by atoms with Crippen LogP contribution in [0.3, 0.4) is 0 Å². The Hall–Kier alpha value is -0.650. The predicted octanol–water partition coefficient (Wildman–Crippen LogP) is 2.57. The molecule has 2 aliphatic rings. The van der Waals surface area contributed by atoms with Gasteiger partial charge in [-0.3, -0.25) is 0 Å². The molecule has 4 nitrogen and oxygen atoms in total. The van der Waals surface area contributed by atoms with E-state index in [4.69, 9.17) is 9.72 Å². The quantitative estimate of drug-likeness (QED) is 0.875. The van der Waals surface area contributed by atoms with E-state index in [1.54, 1.807) is 0 Å². The van der Waals surface area contributed by atoms with Gasteiger partial charge in [0.15, 0.2) is 5.13 Å². The van der Waals surface area contributed by atoms with Gasteiger partial charge in [-0.15, -0.1) is 11.3 Å². The Labute approximate surface area is 125 Å². The lowest BCUT2D eigenvalue weighted by Crippen LogP contribution is -2.43. The molecule has 0 spiro atoms. The Morgan fingerprint density at radius 1 is 1.45 bits per heavy atom. The Morgan fingerprint density at radius 2 is 2.30 bits per heavy atom. The number of nitrogens with one attached hydrogen (secondary N) is 1. The fourth-order valence-corrected chi connectivity index (χ4v) is 3.78. The molecule has 5 heteroatoms. The van der Waals surface area contributed by atoms with E-state index < -0.39 is 0 Å². The van der Waals surface area contributed by atoms with E-state index in [1.165, 1.54) is 28.5 Å². The zero-order valence-electron chi connectivity index (χ0n) is 12.5. The SMILES string of the molecule is CCCc1nc(N2CCOCC2C)sc1CNC1CC1. The molecule has 1 saturated heterocycles. The zero-order valence-corrected chi connectivity index (χ0v) is 13.3. The third-order valence-corrected chi connectivity index (χ3v) is 5.13. The fraction of sp³-hybridized carbons (Fsp3) is 0.800. The number of ether oxygens (including phenoxy) is 1. The Bertz CT molecular complexity index is 444. The first-order valence-electron chi connectivity index (χ1n) is 7.84. The van der Waals surface area contributed by atoms with Crippen LogP contribution in [-0.4, -0.2) is 36.8 Å². The molecule has 2 heterocycles. The summed E-state index contributed by atoms with van der Waals surface area (Å²) in [6.45, 7) is 8.06. The number of aryl methyl sites for hydroxylation is 1. The fourth-order valence-electron chi connectivity index (χ4n) is 2.60. The molecule has 2 fully saturated rings. The van der Waals surface area contributed by atoms with Gasteiger partial charge >= 0.3 is 0 Å². The second-order valence-electron chi connectivity index (χ2n) is 5.89. The molecular formula is C15H25N3OS. The first kappa shape index (κ1) is 14.3. The number of morpholine rings is 1. The summed E-state index contributed by atoms with van der Waals surface area (Å²) >= 11 is 1.88. The lowest BCUT2D eigenvalue weighted by atomic mass is 10.2. The molecule has 1 atom stereocenters. The van der Waals surface area contributed by atoms with E-state index in [0.717, 1.165) is 45.2 Å². The summed E-state index contributed by atoms with van der Waals surface area (Å²) < 4.78 is 5.53. The van der Waals surface area contributed by atoms with Gasteiger partial charge in [0.2, 0.25) is 0 Å². The number of rotatable bonds is 6. The highest BCUT2D eigenvalue weighted by Gasteiger charge is 2.25. The van der Waals surface area contributed by atoms with Crippen LogP contribution in [0.4, 0.5) is 5.13 Å². The molecule has 1 aliphatic carbocycles. The van der Waals surface area contributed by atoms with Gasteiger partial charge in [-0.05, 0) is 26.2 Å². The minimum absolute atomic E-state index is 0.439. The summed E-state index contributed by atoms with van der Waals surface area (Å²) in [7, 11) is 0. The third kappa shape index (κ3) is 3.32. The van der Waals surface area contributed by atoms with Crippen molar-refractivity contribution in [3.63, 3.8) is 0 Å². The number of aromatic nitrogens is 1. The average molecular weight is 295 g/mol.